The minimum Gasteiger partial charge on any atom is -0.456 e. The number of pyridine rings is 4. The number of hydrogen-bond acceptors (Lipinski definition) is 5. The van der Waals surface area contributed by atoms with Gasteiger partial charge >= 0.3 is 0 Å². The van der Waals surface area contributed by atoms with Gasteiger partial charge in [-0.05, 0) is 51.0 Å². The summed E-state index contributed by atoms with van der Waals surface area (Å²) in [7, 11) is 0. The Hall–Kier alpha value is -5.60. The van der Waals surface area contributed by atoms with E-state index >= 15 is 0 Å². The topological polar surface area (TPSA) is 98.7 Å². The minimum absolute atomic E-state index is 0.782. The number of fused-ring (bicyclic) bond motifs is 3. The Morgan fingerprint density at radius 1 is 0.625 bits per heavy atom. The predicted molar refractivity (Wildman–Crippen MR) is 196 cm³/mol. The van der Waals surface area contributed by atoms with E-state index in [0.717, 1.165) is 78.8 Å². The number of nitrogens with two attached hydrogens (primary N) is 2. The predicted octanol–water partition coefficient (Wildman–Crippen LogP) is 8.10. The Balaban J connectivity index is 0.000000161. The summed E-state index contributed by atoms with van der Waals surface area (Å²) in [5.41, 5.74) is 19.9. The van der Waals surface area contributed by atoms with Crippen LogP contribution in [-0.2, 0) is 13.1 Å². The smallest absolute Gasteiger partial charge is 0.180 e. The van der Waals surface area contributed by atoms with Gasteiger partial charge in [0.2, 0.25) is 0 Å². The SMILES string of the molecule is Cc1cc(N)cc[n+]1Cc1ccc2cncc(-c3cc4ccccc4o3)c2c1.Cc1cc(N)cc[n+]1Cc1ccc2cncc(Br)c2c1. The van der Waals surface area contributed by atoms with Gasteiger partial charge in [0, 0.05) is 112 Å². The summed E-state index contributed by atoms with van der Waals surface area (Å²) < 4.78 is 11.5. The van der Waals surface area contributed by atoms with Crippen molar-refractivity contribution in [3.05, 3.63) is 155 Å². The summed E-state index contributed by atoms with van der Waals surface area (Å²) in [6.07, 6.45) is 11.5. The lowest BCUT2D eigenvalue weighted by atomic mass is 10.0. The summed E-state index contributed by atoms with van der Waals surface area (Å²) in [5.74, 6) is 0.841. The van der Waals surface area contributed by atoms with E-state index in [-0.39, 0.29) is 0 Å². The number of furan rings is 1. The Kier molecular flexibility index (Phi) is 8.57. The molecule has 236 valence electrons. The van der Waals surface area contributed by atoms with E-state index < -0.39 is 0 Å². The van der Waals surface area contributed by atoms with Gasteiger partial charge in [0.05, 0.1) is 0 Å². The molecule has 4 N–H and O–H groups in total. The van der Waals surface area contributed by atoms with Crippen molar-refractivity contribution in [2.45, 2.75) is 26.9 Å². The molecule has 0 saturated heterocycles. The first-order valence-electron chi connectivity index (χ1n) is 15.7. The molecule has 8 rings (SSSR count). The number of nitrogen functional groups attached to an aromatic ring is 2. The molecule has 3 aromatic carbocycles. The molecule has 0 radical (unpaired) electrons. The van der Waals surface area contributed by atoms with E-state index in [1.165, 1.54) is 16.5 Å². The van der Waals surface area contributed by atoms with Crippen LogP contribution in [0.4, 0.5) is 11.4 Å². The number of benzene rings is 3. The average molecular weight is 696 g/mol. The molecule has 0 bridgehead atoms. The second-order valence-corrected chi connectivity index (χ2v) is 12.9. The lowest BCUT2D eigenvalue weighted by molar-refractivity contribution is -0.694. The fourth-order valence-electron chi connectivity index (χ4n) is 5.97. The summed E-state index contributed by atoms with van der Waals surface area (Å²) in [4.78, 5) is 8.60. The van der Waals surface area contributed by atoms with Gasteiger partial charge in [0.1, 0.15) is 11.3 Å². The van der Waals surface area contributed by atoms with Crippen LogP contribution >= 0.6 is 15.9 Å². The fourth-order valence-corrected chi connectivity index (χ4v) is 6.44. The van der Waals surface area contributed by atoms with Crippen molar-refractivity contribution in [2.24, 2.45) is 0 Å². The van der Waals surface area contributed by atoms with Crippen LogP contribution in [0.5, 0.6) is 0 Å². The highest BCUT2D eigenvalue weighted by molar-refractivity contribution is 9.10. The van der Waals surface area contributed by atoms with Gasteiger partial charge in [-0.2, -0.15) is 9.13 Å². The molecule has 0 aliphatic rings. The van der Waals surface area contributed by atoms with Crippen LogP contribution in [0.2, 0.25) is 0 Å². The molecule has 0 unspecified atom stereocenters. The molecule has 48 heavy (non-hydrogen) atoms. The maximum absolute atomic E-state index is 6.09. The van der Waals surface area contributed by atoms with E-state index in [1.807, 2.05) is 79.6 Å². The standard InChI is InChI=1S/C24H19N3O.C16H14BrN3/c1-16-10-20(25)8-9-27(16)15-17-6-7-19-13-26-14-22(21(19)11-17)24-12-18-4-2-3-5-23(18)28-24;1-11-6-14(18)4-5-20(11)10-12-2-3-13-8-19-9-16(17)15(13)7-12/h2-14,25H,15H2,1H3;2-9,18H,10H2,1H3/p+2. The highest BCUT2D eigenvalue weighted by Gasteiger charge is 2.14. The molecule has 0 saturated carbocycles. The molecule has 8 heteroatoms. The number of aryl methyl sites for hydroxylation is 2. The number of para-hydroxylation sites is 1. The molecule has 0 amide bonds. The highest BCUT2D eigenvalue weighted by Crippen LogP contribution is 2.33. The molecule has 5 heterocycles. The van der Waals surface area contributed by atoms with Crippen LogP contribution in [0.15, 0.2) is 137 Å². The third kappa shape index (κ3) is 6.61. The number of anilines is 2. The summed E-state index contributed by atoms with van der Waals surface area (Å²) >= 11 is 3.55. The number of aromatic nitrogens is 4. The quantitative estimate of drug-likeness (QED) is 0.177. The van der Waals surface area contributed by atoms with Gasteiger partial charge in [0.25, 0.3) is 0 Å². The van der Waals surface area contributed by atoms with E-state index in [2.05, 4.69) is 97.4 Å². The number of halogens is 1. The van der Waals surface area contributed by atoms with Crippen molar-refractivity contribution in [1.29, 1.82) is 0 Å². The van der Waals surface area contributed by atoms with Crippen molar-refractivity contribution in [3.63, 3.8) is 0 Å². The van der Waals surface area contributed by atoms with E-state index in [1.54, 1.807) is 0 Å². The van der Waals surface area contributed by atoms with Gasteiger partial charge in [-0.15, -0.1) is 0 Å². The van der Waals surface area contributed by atoms with Crippen LogP contribution < -0.4 is 20.6 Å². The largest absolute Gasteiger partial charge is 0.456 e. The lowest BCUT2D eigenvalue weighted by Crippen LogP contribution is -2.37. The maximum atomic E-state index is 6.09. The third-order valence-corrected chi connectivity index (χ3v) is 9.18. The molecule has 7 nitrogen and oxygen atoms in total. The van der Waals surface area contributed by atoms with Gasteiger partial charge in [-0.3, -0.25) is 9.97 Å². The van der Waals surface area contributed by atoms with Crippen molar-refractivity contribution in [3.8, 4) is 11.3 Å². The Labute approximate surface area is 287 Å². The molecule has 0 aliphatic carbocycles. The third-order valence-electron chi connectivity index (χ3n) is 8.55. The zero-order chi connectivity index (χ0) is 33.2. The monoisotopic (exact) mass is 694 g/mol. The second-order valence-electron chi connectivity index (χ2n) is 12.0. The van der Waals surface area contributed by atoms with Crippen LogP contribution in [0.25, 0.3) is 43.8 Å². The van der Waals surface area contributed by atoms with Gasteiger partial charge in [-0.1, -0.05) is 42.5 Å². The minimum atomic E-state index is 0.782. The number of rotatable bonds is 5. The number of hydrogen-bond donors (Lipinski definition) is 2. The zero-order valence-corrected chi connectivity index (χ0v) is 28.4. The fraction of sp³-hybridized carbons (Fsp3) is 0.100. The van der Waals surface area contributed by atoms with E-state index in [9.17, 15) is 0 Å². The first-order valence-corrected chi connectivity index (χ1v) is 16.5. The summed E-state index contributed by atoms with van der Waals surface area (Å²) in [6.45, 7) is 5.75. The molecule has 8 aromatic rings. The van der Waals surface area contributed by atoms with Crippen molar-refractivity contribution >= 4 is 59.8 Å². The first-order chi connectivity index (χ1) is 23.3. The summed E-state index contributed by atoms with van der Waals surface area (Å²) in [5, 5.41) is 5.66. The molecule has 0 aliphatic heterocycles. The highest BCUT2D eigenvalue weighted by atomic mass is 79.9. The van der Waals surface area contributed by atoms with E-state index in [4.69, 9.17) is 15.9 Å². The van der Waals surface area contributed by atoms with Crippen LogP contribution in [0, 0.1) is 13.8 Å². The Bertz CT molecular complexity index is 2400. The van der Waals surface area contributed by atoms with Crippen molar-refractivity contribution < 1.29 is 13.6 Å². The maximum Gasteiger partial charge on any atom is 0.180 e. The lowest BCUT2D eigenvalue weighted by Gasteiger charge is -2.07. The van der Waals surface area contributed by atoms with Crippen LogP contribution in [0.3, 0.4) is 0 Å². The van der Waals surface area contributed by atoms with Crippen molar-refractivity contribution in [2.75, 3.05) is 11.5 Å². The molecular formula is C40H35BrN6O+2. The van der Waals surface area contributed by atoms with Crippen molar-refractivity contribution in [1.82, 2.24) is 9.97 Å². The molecule has 0 spiro atoms. The van der Waals surface area contributed by atoms with Gasteiger partial charge in [0.15, 0.2) is 36.9 Å². The van der Waals surface area contributed by atoms with Gasteiger partial charge in [-0.25, -0.2) is 0 Å². The average Bonchev–Trinajstić information content (AvgIpc) is 3.52. The second kappa shape index (κ2) is 13.3. The normalized spacial score (nSPS) is 11.1. The number of nitrogens with zero attached hydrogens (tertiary/aromatic N) is 4. The van der Waals surface area contributed by atoms with Crippen LogP contribution in [-0.4, -0.2) is 9.97 Å². The van der Waals surface area contributed by atoms with Crippen LogP contribution in [0.1, 0.15) is 22.5 Å². The Morgan fingerprint density at radius 2 is 1.21 bits per heavy atom. The van der Waals surface area contributed by atoms with E-state index in [0.29, 0.717) is 0 Å². The first kappa shape index (κ1) is 31.0. The van der Waals surface area contributed by atoms with Gasteiger partial charge < -0.3 is 15.9 Å². The molecule has 0 atom stereocenters. The zero-order valence-electron chi connectivity index (χ0n) is 26.8. The molecular weight excluding hydrogens is 660 g/mol. The molecule has 0 fully saturated rings. The summed E-state index contributed by atoms with van der Waals surface area (Å²) in [6, 6.07) is 30.9. The Morgan fingerprint density at radius 3 is 1.83 bits per heavy atom. The molecule has 5 aromatic heterocycles.